The average Bonchev–Trinajstić information content (AvgIpc) is 2.96. The lowest BCUT2D eigenvalue weighted by Crippen LogP contribution is -2.38. The smallest absolute Gasteiger partial charge is 0.171 e. The zero-order valence-corrected chi connectivity index (χ0v) is 12.1. The van der Waals surface area contributed by atoms with Crippen LogP contribution in [0.3, 0.4) is 0 Å². The molecular formula is C15H25N3O. The Bertz CT molecular complexity index is 377. The first-order valence-corrected chi connectivity index (χ1v) is 7.32. The van der Waals surface area contributed by atoms with Gasteiger partial charge in [-0.2, -0.15) is 0 Å². The second-order valence-electron chi connectivity index (χ2n) is 5.12. The Morgan fingerprint density at radius 1 is 1.53 bits per heavy atom. The van der Waals surface area contributed by atoms with Crippen molar-refractivity contribution in [1.82, 2.24) is 10.3 Å². The first-order chi connectivity index (χ1) is 9.35. The fourth-order valence-electron chi connectivity index (χ4n) is 2.59. The molecule has 0 saturated carbocycles. The highest BCUT2D eigenvalue weighted by Gasteiger charge is 2.20. The van der Waals surface area contributed by atoms with E-state index in [4.69, 9.17) is 4.74 Å². The minimum Gasteiger partial charge on any atom is -0.493 e. The SMILES string of the molecule is CCCCN(CC1CCCN1)c1ncccc1OC. The lowest BCUT2D eigenvalue weighted by atomic mass is 10.2. The summed E-state index contributed by atoms with van der Waals surface area (Å²) in [4.78, 5) is 6.88. The van der Waals surface area contributed by atoms with Gasteiger partial charge in [-0.3, -0.25) is 0 Å². The maximum atomic E-state index is 5.45. The van der Waals surface area contributed by atoms with Crippen LogP contribution in [0.1, 0.15) is 32.6 Å². The highest BCUT2D eigenvalue weighted by atomic mass is 16.5. The molecule has 0 radical (unpaired) electrons. The van der Waals surface area contributed by atoms with Crippen LogP contribution in [0.25, 0.3) is 0 Å². The fraction of sp³-hybridized carbons (Fsp3) is 0.667. The van der Waals surface area contributed by atoms with Crippen molar-refractivity contribution in [3.8, 4) is 5.75 Å². The van der Waals surface area contributed by atoms with Crippen molar-refractivity contribution in [1.29, 1.82) is 0 Å². The minimum atomic E-state index is 0.587. The van der Waals surface area contributed by atoms with Crippen molar-refractivity contribution in [2.24, 2.45) is 0 Å². The molecule has 1 saturated heterocycles. The Morgan fingerprint density at radius 2 is 2.42 bits per heavy atom. The fourth-order valence-corrected chi connectivity index (χ4v) is 2.59. The van der Waals surface area contributed by atoms with Crippen LogP contribution in [0.2, 0.25) is 0 Å². The predicted molar refractivity (Wildman–Crippen MR) is 78.9 cm³/mol. The third-order valence-electron chi connectivity index (χ3n) is 3.66. The Balaban J connectivity index is 2.10. The zero-order chi connectivity index (χ0) is 13.5. The lowest BCUT2D eigenvalue weighted by molar-refractivity contribution is 0.411. The minimum absolute atomic E-state index is 0.587. The molecule has 1 unspecified atom stereocenters. The van der Waals surface area contributed by atoms with Gasteiger partial charge in [-0.05, 0) is 37.9 Å². The van der Waals surface area contributed by atoms with Crippen LogP contribution in [0.4, 0.5) is 5.82 Å². The summed E-state index contributed by atoms with van der Waals surface area (Å²) >= 11 is 0. The molecule has 19 heavy (non-hydrogen) atoms. The van der Waals surface area contributed by atoms with E-state index in [1.54, 1.807) is 7.11 Å². The van der Waals surface area contributed by atoms with Gasteiger partial charge in [-0.1, -0.05) is 13.3 Å². The van der Waals surface area contributed by atoms with Gasteiger partial charge in [-0.15, -0.1) is 0 Å². The van der Waals surface area contributed by atoms with Crippen LogP contribution in [0, 0.1) is 0 Å². The molecule has 4 nitrogen and oxygen atoms in total. The molecule has 0 aliphatic carbocycles. The quantitative estimate of drug-likeness (QED) is 0.820. The van der Waals surface area contributed by atoms with E-state index in [2.05, 4.69) is 22.1 Å². The van der Waals surface area contributed by atoms with Crippen LogP contribution in [0.15, 0.2) is 18.3 Å². The number of nitrogens with zero attached hydrogens (tertiary/aromatic N) is 2. The molecule has 0 amide bonds. The largest absolute Gasteiger partial charge is 0.493 e. The molecule has 2 rings (SSSR count). The Kier molecular flexibility index (Phi) is 5.45. The van der Waals surface area contributed by atoms with Crippen LogP contribution in [-0.4, -0.2) is 37.8 Å². The lowest BCUT2D eigenvalue weighted by Gasteiger charge is -2.28. The molecule has 1 fully saturated rings. The first kappa shape index (κ1) is 14.1. The van der Waals surface area contributed by atoms with E-state index in [0.717, 1.165) is 31.2 Å². The van der Waals surface area contributed by atoms with Gasteiger partial charge in [0.2, 0.25) is 0 Å². The molecule has 1 atom stereocenters. The second-order valence-corrected chi connectivity index (χ2v) is 5.12. The molecule has 106 valence electrons. The molecule has 0 aromatic carbocycles. The Labute approximate surface area is 116 Å². The van der Waals surface area contributed by atoms with Crippen LogP contribution < -0.4 is 15.0 Å². The zero-order valence-electron chi connectivity index (χ0n) is 12.1. The highest BCUT2D eigenvalue weighted by molar-refractivity contribution is 5.52. The molecule has 1 aromatic heterocycles. The van der Waals surface area contributed by atoms with Crippen LogP contribution in [0.5, 0.6) is 5.75 Å². The summed E-state index contributed by atoms with van der Waals surface area (Å²) in [5.74, 6) is 1.85. The number of pyridine rings is 1. The number of hydrogen-bond acceptors (Lipinski definition) is 4. The second kappa shape index (κ2) is 7.34. The van der Waals surface area contributed by atoms with Gasteiger partial charge in [0.05, 0.1) is 7.11 Å². The molecular weight excluding hydrogens is 238 g/mol. The van der Waals surface area contributed by atoms with Crippen molar-refractivity contribution in [3.63, 3.8) is 0 Å². The number of hydrogen-bond donors (Lipinski definition) is 1. The summed E-state index contributed by atoms with van der Waals surface area (Å²) in [5, 5.41) is 3.56. The summed E-state index contributed by atoms with van der Waals surface area (Å²) in [6, 6.07) is 4.50. The molecule has 0 bridgehead atoms. The molecule has 2 heterocycles. The summed E-state index contributed by atoms with van der Waals surface area (Å²) in [6.45, 7) is 5.43. The summed E-state index contributed by atoms with van der Waals surface area (Å²) in [7, 11) is 1.71. The standard InChI is InChI=1S/C15H25N3O/c1-3-4-11-18(12-13-7-5-9-16-13)15-14(19-2)8-6-10-17-15/h6,8,10,13,16H,3-5,7,9,11-12H2,1-2H3. The van der Waals surface area contributed by atoms with Crippen molar-refractivity contribution in [2.75, 3.05) is 31.6 Å². The molecule has 4 heteroatoms. The van der Waals surface area contributed by atoms with Crippen LogP contribution >= 0.6 is 0 Å². The number of methoxy groups -OCH3 is 1. The van der Waals surface area contributed by atoms with E-state index in [9.17, 15) is 0 Å². The van der Waals surface area contributed by atoms with Crippen molar-refractivity contribution >= 4 is 5.82 Å². The van der Waals surface area contributed by atoms with Gasteiger partial charge >= 0.3 is 0 Å². The van der Waals surface area contributed by atoms with Crippen LogP contribution in [-0.2, 0) is 0 Å². The number of ether oxygens (including phenoxy) is 1. The van der Waals surface area contributed by atoms with E-state index < -0.39 is 0 Å². The average molecular weight is 263 g/mol. The third kappa shape index (κ3) is 3.83. The topological polar surface area (TPSA) is 37.4 Å². The Morgan fingerprint density at radius 3 is 3.11 bits per heavy atom. The predicted octanol–water partition coefficient (Wildman–Crippen LogP) is 2.45. The highest BCUT2D eigenvalue weighted by Crippen LogP contribution is 2.26. The van der Waals surface area contributed by atoms with Gasteiger partial charge in [0.1, 0.15) is 0 Å². The molecule has 1 N–H and O–H groups in total. The van der Waals surface area contributed by atoms with Crippen molar-refractivity contribution in [3.05, 3.63) is 18.3 Å². The number of anilines is 1. The number of unbranched alkanes of at least 4 members (excludes halogenated alkanes) is 1. The molecule has 1 aliphatic heterocycles. The molecule has 0 spiro atoms. The summed E-state index contributed by atoms with van der Waals surface area (Å²) < 4.78 is 5.45. The maximum absolute atomic E-state index is 5.45. The first-order valence-electron chi connectivity index (χ1n) is 7.32. The van der Waals surface area contributed by atoms with Crippen molar-refractivity contribution < 1.29 is 4.74 Å². The molecule has 1 aliphatic rings. The van der Waals surface area contributed by atoms with Crippen molar-refractivity contribution in [2.45, 2.75) is 38.6 Å². The number of aromatic nitrogens is 1. The summed E-state index contributed by atoms with van der Waals surface area (Å²) in [5.41, 5.74) is 0. The number of nitrogens with one attached hydrogen (secondary N) is 1. The van der Waals surface area contributed by atoms with Gasteiger partial charge in [0.15, 0.2) is 11.6 Å². The Hall–Kier alpha value is -1.29. The van der Waals surface area contributed by atoms with E-state index in [1.165, 1.54) is 25.7 Å². The third-order valence-corrected chi connectivity index (χ3v) is 3.66. The van der Waals surface area contributed by atoms with E-state index in [0.29, 0.717) is 6.04 Å². The van der Waals surface area contributed by atoms with Gasteiger partial charge < -0.3 is 15.0 Å². The van der Waals surface area contributed by atoms with E-state index in [1.807, 2.05) is 18.3 Å². The van der Waals surface area contributed by atoms with E-state index >= 15 is 0 Å². The van der Waals surface area contributed by atoms with E-state index in [-0.39, 0.29) is 0 Å². The molecule has 1 aromatic rings. The summed E-state index contributed by atoms with van der Waals surface area (Å²) in [6.07, 6.45) is 6.78. The normalized spacial score (nSPS) is 18.5. The maximum Gasteiger partial charge on any atom is 0.171 e. The van der Waals surface area contributed by atoms with Gasteiger partial charge in [0, 0.05) is 25.3 Å². The number of rotatable bonds is 7. The van der Waals surface area contributed by atoms with Gasteiger partial charge in [0.25, 0.3) is 0 Å². The van der Waals surface area contributed by atoms with Gasteiger partial charge in [-0.25, -0.2) is 4.98 Å². The monoisotopic (exact) mass is 263 g/mol.